The number of nitrogens with one attached hydrogen (secondary N) is 2. The minimum atomic E-state index is -4.58. The third-order valence-corrected chi connectivity index (χ3v) is 5.10. The van der Waals surface area contributed by atoms with Crippen molar-refractivity contribution in [2.24, 2.45) is 0 Å². The first-order valence-electron chi connectivity index (χ1n) is 10.4. The molecule has 2 aromatic carbocycles. The second-order valence-corrected chi connectivity index (χ2v) is 7.54. The van der Waals surface area contributed by atoms with Gasteiger partial charge in [-0.05, 0) is 29.8 Å². The number of carbonyl (C=O) groups is 2. The Morgan fingerprint density at radius 1 is 1.00 bits per heavy atom. The largest absolute Gasteiger partial charge is 0.435 e. The van der Waals surface area contributed by atoms with E-state index >= 15 is 0 Å². The van der Waals surface area contributed by atoms with E-state index in [1.54, 1.807) is 11.0 Å². The summed E-state index contributed by atoms with van der Waals surface area (Å²) in [6.07, 6.45) is -4.58. The molecule has 0 atom stereocenters. The first-order chi connectivity index (χ1) is 16.1. The zero-order valence-electron chi connectivity index (χ0n) is 17.9. The number of rotatable bonds is 7. The van der Waals surface area contributed by atoms with Gasteiger partial charge in [-0.15, -0.1) is 0 Å². The van der Waals surface area contributed by atoms with Crippen molar-refractivity contribution >= 4 is 17.6 Å². The summed E-state index contributed by atoms with van der Waals surface area (Å²) in [5.41, 5.74) is -0.641. The van der Waals surface area contributed by atoms with Crippen molar-refractivity contribution < 1.29 is 36.3 Å². The molecule has 0 radical (unpaired) electrons. The topological polar surface area (TPSA) is 73.9 Å². The lowest BCUT2D eigenvalue weighted by atomic mass is 10.1. The van der Waals surface area contributed by atoms with E-state index in [9.17, 15) is 31.5 Å². The van der Waals surface area contributed by atoms with Crippen LogP contribution in [-0.4, -0.2) is 61.1 Å². The van der Waals surface area contributed by atoms with Gasteiger partial charge in [0.05, 0.1) is 17.8 Å². The van der Waals surface area contributed by atoms with Crippen molar-refractivity contribution in [3.63, 3.8) is 0 Å². The molecule has 0 bridgehead atoms. The van der Waals surface area contributed by atoms with Crippen LogP contribution in [0.15, 0.2) is 48.5 Å². The van der Waals surface area contributed by atoms with Gasteiger partial charge >= 0.3 is 18.8 Å². The highest BCUT2D eigenvalue weighted by Gasteiger charge is 2.33. The Morgan fingerprint density at radius 2 is 1.71 bits per heavy atom. The molecular weight excluding hydrogens is 463 g/mol. The van der Waals surface area contributed by atoms with Crippen molar-refractivity contribution in [3.05, 3.63) is 59.7 Å². The van der Waals surface area contributed by atoms with Crippen molar-refractivity contribution in [2.75, 3.05) is 38.0 Å². The molecule has 12 heteroatoms. The average Bonchev–Trinajstić information content (AvgIpc) is 2.77. The molecule has 0 spiro atoms. The first kappa shape index (κ1) is 25.2. The number of hydrogen-bond donors (Lipinski definition) is 2. The van der Waals surface area contributed by atoms with E-state index in [4.69, 9.17) is 0 Å². The molecule has 2 aromatic rings. The van der Waals surface area contributed by atoms with Gasteiger partial charge in [-0.3, -0.25) is 9.69 Å². The van der Waals surface area contributed by atoms with E-state index < -0.39 is 24.3 Å². The highest BCUT2D eigenvalue weighted by molar-refractivity contribution is 5.93. The van der Waals surface area contributed by atoms with Gasteiger partial charge in [0.1, 0.15) is 5.75 Å². The molecule has 0 aromatic heterocycles. The summed E-state index contributed by atoms with van der Waals surface area (Å²) in [5.74, 6) is -0.591. The maximum Gasteiger partial charge on any atom is 0.418 e. The number of anilines is 1. The van der Waals surface area contributed by atoms with Crippen molar-refractivity contribution in [1.29, 1.82) is 0 Å². The lowest BCUT2D eigenvalue weighted by molar-refractivity contribution is -0.137. The number of piperazine rings is 1. The Labute approximate surface area is 192 Å². The summed E-state index contributed by atoms with van der Waals surface area (Å²) in [5, 5.41) is 5.00. The van der Waals surface area contributed by atoms with Crippen LogP contribution < -0.4 is 15.4 Å². The first-order valence-corrected chi connectivity index (χ1v) is 10.4. The van der Waals surface area contributed by atoms with Crippen LogP contribution in [0.3, 0.4) is 0 Å². The van der Waals surface area contributed by atoms with Crippen LogP contribution >= 0.6 is 0 Å². The molecule has 7 nitrogen and oxygen atoms in total. The lowest BCUT2D eigenvalue weighted by Gasteiger charge is -2.34. The van der Waals surface area contributed by atoms with Crippen LogP contribution in [0.1, 0.15) is 11.1 Å². The quantitative estimate of drug-likeness (QED) is 0.585. The van der Waals surface area contributed by atoms with E-state index in [1.807, 2.05) is 0 Å². The second-order valence-electron chi connectivity index (χ2n) is 7.54. The highest BCUT2D eigenvalue weighted by Crippen LogP contribution is 2.34. The molecule has 34 heavy (non-hydrogen) atoms. The average molecular weight is 486 g/mol. The summed E-state index contributed by atoms with van der Waals surface area (Å²) in [6, 6.07) is 10.4. The Morgan fingerprint density at radius 3 is 2.38 bits per heavy atom. The number of ether oxygens (including phenoxy) is 1. The van der Waals surface area contributed by atoms with Gasteiger partial charge in [0.25, 0.3) is 0 Å². The normalized spacial score (nSPS) is 14.7. The molecule has 1 saturated heterocycles. The number of alkyl halides is 5. The predicted molar refractivity (Wildman–Crippen MR) is 113 cm³/mol. The third-order valence-electron chi connectivity index (χ3n) is 5.10. The lowest BCUT2D eigenvalue weighted by Crippen LogP contribution is -2.52. The fourth-order valence-electron chi connectivity index (χ4n) is 3.46. The van der Waals surface area contributed by atoms with Gasteiger partial charge in [-0.1, -0.05) is 24.3 Å². The van der Waals surface area contributed by atoms with Gasteiger partial charge in [-0.2, -0.15) is 22.0 Å². The Bertz CT molecular complexity index is 995. The van der Waals surface area contributed by atoms with Crippen LogP contribution in [0.25, 0.3) is 0 Å². The Hall–Kier alpha value is -3.41. The fraction of sp³-hybridized carbons (Fsp3) is 0.364. The van der Waals surface area contributed by atoms with Gasteiger partial charge in [-0.25, -0.2) is 4.79 Å². The predicted octanol–water partition coefficient (Wildman–Crippen LogP) is 3.77. The zero-order chi connectivity index (χ0) is 24.7. The summed E-state index contributed by atoms with van der Waals surface area (Å²) in [6.45, 7) is -1.60. The van der Waals surface area contributed by atoms with Gasteiger partial charge in [0.15, 0.2) is 0 Å². The monoisotopic (exact) mass is 486 g/mol. The van der Waals surface area contributed by atoms with Crippen LogP contribution in [0, 0.1) is 0 Å². The molecule has 3 rings (SSSR count). The van der Waals surface area contributed by atoms with E-state index in [-0.39, 0.29) is 30.6 Å². The molecule has 0 unspecified atom stereocenters. The van der Waals surface area contributed by atoms with Crippen LogP contribution in [-0.2, 0) is 17.5 Å². The molecule has 1 heterocycles. The van der Waals surface area contributed by atoms with E-state index in [2.05, 4.69) is 15.4 Å². The molecule has 2 N–H and O–H groups in total. The highest BCUT2D eigenvalue weighted by atomic mass is 19.4. The number of hydrogen-bond acceptors (Lipinski definition) is 4. The summed E-state index contributed by atoms with van der Waals surface area (Å²) in [7, 11) is 0. The summed E-state index contributed by atoms with van der Waals surface area (Å²) >= 11 is 0. The van der Waals surface area contributed by atoms with Crippen LogP contribution in [0.2, 0.25) is 0 Å². The molecule has 184 valence electrons. The number of halogens is 5. The van der Waals surface area contributed by atoms with Gasteiger partial charge in [0, 0.05) is 32.7 Å². The molecule has 1 aliphatic rings. The van der Waals surface area contributed by atoms with Crippen molar-refractivity contribution in [2.45, 2.75) is 19.3 Å². The smallest absolute Gasteiger partial charge is 0.418 e. The third kappa shape index (κ3) is 7.30. The molecule has 1 fully saturated rings. The van der Waals surface area contributed by atoms with E-state index in [1.165, 1.54) is 41.3 Å². The van der Waals surface area contributed by atoms with Crippen LogP contribution in [0.4, 0.5) is 32.4 Å². The maximum absolute atomic E-state index is 13.1. The summed E-state index contributed by atoms with van der Waals surface area (Å²) in [4.78, 5) is 27.9. The number of benzene rings is 2. The zero-order valence-corrected chi connectivity index (χ0v) is 17.9. The number of nitrogens with zero attached hydrogens (tertiary/aromatic N) is 2. The standard InChI is InChI=1S/C22H23F5N4O3/c23-20(24)34-16-5-3-4-15(12-16)13-28-21(33)31-10-8-30(9-11-31)14-19(32)29-18-7-2-1-6-17(18)22(25,26)27/h1-7,12,20H,8-11,13-14H2,(H,28,33)(H,29,32). The Balaban J connectivity index is 1.44. The van der Waals surface area contributed by atoms with Crippen molar-refractivity contribution in [3.8, 4) is 5.75 Å². The molecule has 1 aliphatic heterocycles. The Kier molecular flexibility index (Phi) is 8.26. The number of urea groups is 1. The maximum atomic E-state index is 13.1. The SMILES string of the molecule is O=C(CN1CCN(C(=O)NCc2cccc(OC(F)F)c2)CC1)Nc1ccccc1C(F)(F)F. The van der Waals surface area contributed by atoms with E-state index in [0.29, 0.717) is 31.7 Å². The van der Waals surface area contributed by atoms with Crippen LogP contribution in [0.5, 0.6) is 5.75 Å². The number of para-hydroxylation sites is 1. The minimum absolute atomic E-state index is 0.00787. The molecule has 3 amide bonds. The van der Waals surface area contributed by atoms with Gasteiger partial charge in [0.2, 0.25) is 5.91 Å². The molecule has 0 saturated carbocycles. The van der Waals surface area contributed by atoms with Gasteiger partial charge < -0.3 is 20.3 Å². The number of amides is 3. The fourth-order valence-corrected chi connectivity index (χ4v) is 3.46. The summed E-state index contributed by atoms with van der Waals surface area (Å²) < 4.78 is 68.2. The molecule has 0 aliphatic carbocycles. The number of carbonyl (C=O) groups excluding carboxylic acids is 2. The minimum Gasteiger partial charge on any atom is -0.435 e. The molecular formula is C22H23F5N4O3. The van der Waals surface area contributed by atoms with Crippen molar-refractivity contribution in [1.82, 2.24) is 15.1 Å². The second kappa shape index (κ2) is 11.1. The van der Waals surface area contributed by atoms with E-state index in [0.717, 1.165) is 6.07 Å².